The SMILES string of the molecule is Cc1cc2c(OCC(CNC(C)C)OC(=O)Nc3c[n+](N4CCOCC4)no3)cccc2[nH]1. The Morgan fingerprint density at radius 2 is 2.15 bits per heavy atom. The van der Waals surface area contributed by atoms with E-state index in [1.165, 1.54) is 0 Å². The number of carbonyl (C=O) groups is 1. The van der Waals surface area contributed by atoms with Crippen LogP contribution in [0.1, 0.15) is 19.5 Å². The molecule has 3 N–H and O–H groups in total. The highest BCUT2D eigenvalue weighted by Gasteiger charge is 2.25. The van der Waals surface area contributed by atoms with Crippen LogP contribution in [0.5, 0.6) is 5.75 Å². The highest BCUT2D eigenvalue weighted by molar-refractivity contribution is 5.86. The molecule has 0 radical (unpaired) electrons. The Bertz CT molecular complexity index is 1060. The van der Waals surface area contributed by atoms with Crippen molar-refractivity contribution in [2.75, 3.05) is 49.8 Å². The maximum Gasteiger partial charge on any atom is 0.414 e. The van der Waals surface area contributed by atoms with Crippen LogP contribution >= 0.6 is 0 Å². The van der Waals surface area contributed by atoms with Gasteiger partial charge in [-0.25, -0.2) is 4.79 Å². The van der Waals surface area contributed by atoms with Gasteiger partial charge in [0.25, 0.3) is 6.20 Å². The van der Waals surface area contributed by atoms with Gasteiger partial charge in [0.15, 0.2) is 0 Å². The summed E-state index contributed by atoms with van der Waals surface area (Å²) in [6.45, 7) is 9.30. The molecule has 1 aliphatic rings. The van der Waals surface area contributed by atoms with E-state index in [-0.39, 0.29) is 18.5 Å². The van der Waals surface area contributed by atoms with Crippen molar-refractivity contribution < 1.29 is 28.3 Å². The number of morpholine rings is 1. The van der Waals surface area contributed by atoms with Gasteiger partial charge < -0.3 is 24.5 Å². The largest absolute Gasteiger partial charge is 0.489 e. The van der Waals surface area contributed by atoms with E-state index in [0.717, 1.165) is 22.3 Å². The van der Waals surface area contributed by atoms with Gasteiger partial charge in [0.05, 0.1) is 31.1 Å². The number of ether oxygens (including phenoxy) is 3. The molecular weight excluding hydrogens is 428 g/mol. The second-order valence-electron chi connectivity index (χ2n) is 8.25. The van der Waals surface area contributed by atoms with Crippen molar-refractivity contribution in [2.45, 2.75) is 32.9 Å². The fraction of sp³-hybridized carbons (Fsp3) is 0.500. The summed E-state index contributed by atoms with van der Waals surface area (Å²) >= 11 is 0. The Labute approximate surface area is 191 Å². The molecule has 0 spiro atoms. The average molecular weight is 460 g/mol. The normalized spacial score (nSPS) is 15.1. The zero-order chi connectivity index (χ0) is 23.2. The fourth-order valence-corrected chi connectivity index (χ4v) is 3.54. The summed E-state index contributed by atoms with van der Waals surface area (Å²) in [5, 5.41) is 12.8. The van der Waals surface area contributed by atoms with E-state index in [1.54, 1.807) is 11.0 Å². The monoisotopic (exact) mass is 459 g/mol. The molecule has 0 saturated carbocycles. The van der Waals surface area contributed by atoms with Crippen LogP contribution in [0, 0.1) is 6.92 Å². The van der Waals surface area contributed by atoms with Crippen LogP contribution in [-0.4, -0.2) is 67.9 Å². The first-order chi connectivity index (χ1) is 16.0. The lowest BCUT2D eigenvalue weighted by molar-refractivity contribution is -0.759. The molecule has 1 aromatic carbocycles. The molecule has 178 valence electrons. The molecule has 1 aliphatic heterocycles. The molecule has 2 aromatic heterocycles. The van der Waals surface area contributed by atoms with Crippen molar-refractivity contribution in [2.24, 2.45) is 0 Å². The number of H-pyrrole nitrogens is 1. The molecular formula is C22H31N6O5+. The van der Waals surface area contributed by atoms with Gasteiger partial charge in [0.2, 0.25) is 5.27 Å². The second-order valence-corrected chi connectivity index (χ2v) is 8.25. The van der Waals surface area contributed by atoms with Gasteiger partial charge in [-0.2, -0.15) is 0 Å². The molecule has 11 heteroatoms. The zero-order valence-electron chi connectivity index (χ0n) is 19.2. The standard InChI is InChI=1S/C22H30N6O5/c1-15(2)23-12-17(14-31-20-6-4-5-19-18(20)11-16(3)24-19)32-22(29)25-21-13-28(26-33-21)27-7-9-30-10-8-27/h4-6,11,13,15,17,23-24H,7-10,12,14H2,1-3H3/p+1. The third kappa shape index (κ3) is 6.14. The molecule has 3 heterocycles. The van der Waals surface area contributed by atoms with Gasteiger partial charge in [-0.1, -0.05) is 19.9 Å². The number of fused-ring (bicyclic) bond motifs is 1. The quantitative estimate of drug-likeness (QED) is 0.414. The van der Waals surface area contributed by atoms with E-state index in [9.17, 15) is 4.79 Å². The number of hydrogen-bond donors (Lipinski definition) is 3. The highest BCUT2D eigenvalue weighted by atomic mass is 16.6. The smallest absolute Gasteiger partial charge is 0.414 e. The van der Waals surface area contributed by atoms with Crippen molar-refractivity contribution in [1.82, 2.24) is 15.6 Å². The van der Waals surface area contributed by atoms with Crippen LogP contribution in [0.2, 0.25) is 0 Å². The molecule has 1 amide bonds. The van der Waals surface area contributed by atoms with Crippen LogP contribution in [0.3, 0.4) is 0 Å². The average Bonchev–Trinajstić information content (AvgIpc) is 3.42. The van der Waals surface area contributed by atoms with Crippen molar-refractivity contribution in [3.8, 4) is 5.75 Å². The van der Waals surface area contributed by atoms with Gasteiger partial charge in [-0.15, -0.1) is 5.01 Å². The number of nitrogens with zero attached hydrogens (tertiary/aromatic N) is 3. The van der Waals surface area contributed by atoms with E-state index >= 15 is 0 Å². The van der Waals surface area contributed by atoms with Crippen LogP contribution in [0.4, 0.5) is 10.7 Å². The lowest BCUT2D eigenvalue weighted by Crippen LogP contribution is -2.62. The maximum atomic E-state index is 12.5. The van der Waals surface area contributed by atoms with E-state index < -0.39 is 12.2 Å². The first kappa shape index (κ1) is 22.9. The molecule has 1 saturated heterocycles. The Balaban J connectivity index is 1.36. The van der Waals surface area contributed by atoms with E-state index in [2.05, 4.69) is 20.9 Å². The topological polar surface area (TPSA) is 118 Å². The van der Waals surface area contributed by atoms with Gasteiger partial charge in [-0.05, 0) is 25.1 Å². The van der Waals surface area contributed by atoms with Crippen LogP contribution in [0.15, 0.2) is 35.0 Å². The molecule has 33 heavy (non-hydrogen) atoms. The minimum atomic E-state index is -0.643. The highest BCUT2D eigenvalue weighted by Crippen LogP contribution is 2.26. The van der Waals surface area contributed by atoms with Gasteiger partial charge in [0.1, 0.15) is 18.5 Å². The number of aromatic nitrogens is 3. The Morgan fingerprint density at radius 1 is 1.33 bits per heavy atom. The molecule has 4 rings (SSSR count). The van der Waals surface area contributed by atoms with E-state index in [0.29, 0.717) is 32.8 Å². The number of anilines is 1. The molecule has 0 aliphatic carbocycles. The fourth-order valence-electron chi connectivity index (χ4n) is 3.54. The van der Waals surface area contributed by atoms with Crippen molar-refractivity contribution in [1.29, 1.82) is 0 Å². The van der Waals surface area contributed by atoms with Gasteiger partial charge in [0, 0.05) is 29.2 Å². The van der Waals surface area contributed by atoms with Crippen LogP contribution < -0.4 is 25.2 Å². The summed E-state index contributed by atoms with van der Waals surface area (Å²) in [4.78, 5) is 17.4. The Kier molecular flexibility index (Phi) is 7.30. The predicted molar refractivity (Wildman–Crippen MR) is 121 cm³/mol. The third-order valence-electron chi connectivity index (χ3n) is 5.17. The third-order valence-corrected chi connectivity index (χ3v) is 5.17. The first-order valence-electron chi connectivity index (χ1n) is 11.1. The minimum Gasteiger partial charge on any atom is -0.489 e. The summed E-state index contributed by atoms with van der Waals surface area (Å²) in [5.41, 5.74) is 2.05. The Morgan fingerprint density at radius 3 is 2.94 bits per heavy atom. The Hall–Kier alpha value is -3.31. The number of rotatable bonds is 9. The number of carbonyl (C=O) groups excluding carboxylic acids is 1. The number of hydrogen-bond acceptors (Lipinski definition) is 8. The number of aromatic amines is 1. The van der Waals surface area contributed by atoms with Crippen molar-refractivity contribution >= 4 is 22.9 Å². The maximum absolute atomic E-state index is 12.5. The van der Waals surface area contributed by atoms with Gasteiger partial charge >= 0.3 is 12.0 Å². The molecule has 11 nitrogen and oxygen atoms in total. The van der Waals surface area contributed by atoms with Crippen LogP contribution in [0.25, 0.3) is 10.9 Å². The zero-order valence-corrected chi connectivity index (χ0v) is 19.2. The summed E-state index contributed by atoms with van der Waals surface area (Å²) in [5.74, 6) is 0.924. The summed E-state index contributed by atoms with van der Waals surface area (Å²) < 4.78 is 22.2. The molecule has 1 fully saturated rings. The van der Waals surface area contributed by atoms with Crippen molar-refractivity contribution in [3.05, 3.63) is 36.2 Å². The summed E-state index contributed by atoms with van der Waals surface area (Å²) in [6, 6.07) is 8.10. The predicted octanol–water partition coefficient (Wildman–Crippen LogP) is 1.71. The number of nitrogens with one attached hydrogen (secondary N) is 3. The minimum absolute atomic E-state index is 0.190. The molecule has 1 atom stereocenters. The van der Waals surface area contributed by atoms with Crippen molar-refractivity contribution in [3.63, 3.8) is 0 Å². The summed E-state index contributed by atoms with van der Waals surface area (Å²) in [6.07, 6.45) is 0.437. The van der Waals surface area contributed by atoms with E-state index in [1.807, 2.05) is 50.0 Å². The lowest BCUT2D eigenvalue weighted by atomic mass is 10.2. The second kappa shape index (κ2) is 10.5. The first-order valence-corrected chi connectivity index (χ1v) is 11.1. The molecule has 3 aromatic rings. The summed E-state index contributed by atoms with van der Waals surface area (Å²) in [7, 11) is 0. The number of aryl methyl sites for hydroxylation is 1. The van der Waals surface area contributed by atoms with E-state index in [4.69, 9.17) is 18.7 Å². The van der Waals surface area contributed by atoms with Crippen LogP contribution in [-0.2, 0) is 9.47 Å². The number of amides is 1. The van der Waals surface area contributed by atoms with Gasteiger partial charge in [-0.3, -0.25) is 9.84 Å². The lowest BCUT2D eigenvalue weighted by Gasteiger charge is -2.20. The molecule has 0 bridgehead atoms. The number of benzene rings is 1. The molecule has 1 unspecified atom stereocenters.